The quantitative estimate of drug-likeness (QED) is 0.562. The van der Waals surface area contributed by atoms with E-state index in [0.29, 0.717) is 0 Å². The maximum Gasteiger partial charge on any atom is -0.0140 e. The van der Waals surface area contributed by atoms with Gasteiger partial charge < -0.3 is 0 Å². The third kappa shape index (κ3) is 4.68. The fourth-order valence-corrected chi connectivity index (χ4v) is 1.08. The van der Waals surface area contributed by atoms with E-state index in [2.05, 4.69) is 39.2 Å². The van der Waals surface area contributed by atoms with Crippen LogP contribution in [0.25, 0.3) is 0 Å². The summed E-state index contributed by atoms with van der Waals surface area (Å²) in [6.45, 7) is 6.41. The summed E-state index contributed by atoms with van der Waals surface area (Å²) >= 11 is 1.83. The standard InChI is InChI=1S/C9H16S/c1-5-9(10-4)7-6-8(2)3/h6-7H,5H2,1-4H3/b9-7+. The van der Waals surface area contributed by atoms with Crippen LogP contribution >= 0.6 is 11.8 Å². The van der Waals surface area contributed by atoms with Crippen LogP contribution in [0.1, 0.15) is 27.2 Å². The van der Waals surface area contributed by atoms with Crippen molar-refractivity contribution in [1.82, 2.24) is 0 Å². The lowest BCUT2D eigenvalue weighted by Crippen LogP contribution is -1.70. The van der Waals surface area contributed by atoms with E-state index in [-0.39, 0.29) is 0 Å². The van der Waals surface area contributed by atoms with Crippen LogP contribution in [0.15, 0.2) is 22.6 Å². The predicted octanol–water partition coefficient (Wildman–Crippen LogP) is 3.61. The summed E-state index contributed by atoms with van der Waals surface area (Å²) in [4.78, 5) is 1.45. The molecule has 0 rings (SSSR count). The Morgan fingerprint density at radius 1 is 1.30 bits per heavy atom. The van der Waals surface area contributed by atoms with E-state index < -0.39 is 0 Å². The van der Waals surface area contributed by atoms with E-state index in [1.807, 2.05) is 11.8 Å². The molecule has 0 aliphatic rings. The number of allylic oxidation sites excluding steroid dienone is 4. The molecule has 0 atom stereocenters. The van der Waals surface area contributed by atoms with Crippen LogP contribution in [-0.4, -0.2) is 6.26 Å². The molecule has 0 aliphatic carbocycles. The Morgan fingerprint density at radius 2 is 1.90 bits per heavy atom. The van der Waals surface area contributed by atoms with Crippen LogP contribution in [0, 0.1) is 0 Å². The molecule has 58 valence electrons. The molecular weight excluding hydrogens is 140 g/mol. The average molecular weight is 156 g/mol. The topological polar surface area (TPSA) is 0 Å². The van der Waals surface area contributed by atoms with Gasteiger partial charge in [0.2, 0.25) is 0 Å². The van der Waals surface area contributed by atoms with Crippen molar-refractivity contribution in [2.24, 2.45) is 0 Å². The minimum Gasteiger partial charge on any atom is -0.134 e. The number of hydrogen-bond acceptors (Lipinski definition) is 1. The lowest BCUT2D eigenvalue weighted by atomic mass is 10.3. The van der Waals surface area contributed by atoms with Crippen molar-refractivity contribution >= 4 is 11.8 Å². The summed E-state index contributed by atoms with van der Waals surface area (Å²) in [6, 6.07) is 0. The fourth-order valence-electron chi connectivity index (χ4n) is 0.590. The van der Waals surface area contributed by atoms with Gasteiger partial charge in [0.1, 0.15) is 0 Å². The monoisotopic (exact) mass is 156 g/mol. The highest BCUT2D eigenvalue weighted by Crippen LogP contribution is 2.15. The van der Waals surface area contributed by atoms with E-state index in [9.17, 15) is 0 Å². The molecule has 0 amide bonds. The van der Waals surface area contributed by atoms with Crippen molar-refractivity contribution < 1.29 is 0 Å². The highest BCUT2D eigenvalue weighted by molar-refractivity contribution is 8.02. The second kappa shape index (κ2) is 5.60. The summed E-state index contributed by atoms with van der Waals surface area (Å²) < 4.78 is 0. The lowest BCUT2D eigenvalue weighted by molar-refractivity contribution is 1.20. The number of rotatable bonds is 3. The van der Waals surface area contributed by atoms with E-state index in [1.165, 1.54) is 10.5 Å². The second-order valence-corrected chi connectivity index (χ2v) is 3.37. The minimum absolute atomic E-state index is 1.14. The summed E-state index contributed by atoms with van der Waals surface area (Å²) in [5.41, 5.74) is 1.36. The maximum atomic E-state index is 2.19. The molecule has 0 aromatic carbocycles. The van der Waals surface area contributed by atoms with Crippen molar-refractivity contribution in [3.63, 3.8) is 0 Å². The van der Waals surface area contributed by atoms with Crippen molar-refractivity contribution in [2.75, 3.05) is 6.26 Å². The van der Waals surface area contributed by atoms with Gasteiger partial charge in [-0.25, -0.2) is 0 Å². The van der Waals surface area contributed by atoms with Gasteiger partial charge in [-0.15, -0.1) is 11.8 Å². The first-order chi connectivity index (χ1) is 4.70. The molecule has 0 radical (unpaired) electrons. The normalized spacial score (nSPS) is 11.4. The summed E-state index contributed by atoms with van der Waals surface area (Å²) in [5, 5.41) is 0. The third-order valence-electron chi connectivity index (χ3n) is 1.21. The molecule has 0 aromatic rings. The molecule has 0 aliphatic heterocycles. The minimum atomic E-state index is 1.14. The summed E-state index contributed by atoms with van der Waals surface area (Å²) in [5.74, 6) is 0. The number of thioether (sulfide) groups is 1. The van der Waals surface area contributed by atoms with Gasteiger partial charge in [-0.2, -0.15) is 0 Å². The molecule has 0 nitrogen and oxygen atoms in total. The van der Waals surface area contributed by atoms with Gasteiger partial charge in [-0.1, -0.05) is 24.6 Å². The van der Waals surface area contributed by atoms with Crippen molar-refractivity contribution in [3.05, 3.63) is 22.6 Å². The van der Waals surface area contributed by atoms with Crippen LogP contribution in [-0.2, 0) is 0 Å². The fraction of sp³-hybridized carbons (Fsp3) is 0.556. The first-order valence-electron chi connectivity index (χ1n) is 3.58. The molecule has 0 N–H and O–H groups in total. The highest BCUT2D eigenvalue weighted by Gasteiger charge is 1.85. The Hall–Kier alpha value is -0.170. The lowest BCUT2D eigenvalue weighted by Gasteiger charge is -1.95. The van der Waals surface area contributed by atoms with Gasteiger partial charge >= 0.3 is 0 Å². The van der Waals surface area contributed by atoms with E-state index in [1.54, 1.807) is 0 Å². The molecule has 0 fully saturated rings. The zero-order valence-corrected chi connectivity index (χ0v) is 8.09. The summed E-state index contributed by atoms with van der Waals surface area (Å²) in [7, 11) is 0. The first-order valence-corrected chi connectivity index (χ1v) is 4.81. The second-order valence-electron chi connectivity index (χ2n) is 2.43. The molecule has 0 saturated heterocycles. The van der Waals surface area contributed by atoms with Gasteiger partial charge in [0.25, 0.3) is 0 Å². The third-order valence-corrected chi connectivity index (χ3v) is 2.16. The van der Waals surface area contributed by atoms with Crippen LogP contribution < -0.4 is 0 Å². The maximum absolute atomic E-state index is 2.19. The molecular formula is C9H16S. The van der Waals surface area contributed by atoms with Gasteiger partial charge in [0.05, 0.1) is 0 Å². The van der Waals surface area contributed by atoms with Crippen LogP contribution in [0.2, 0.25) is 0 Å². The SMILES string of the molecule is CC/C(=C\C=C(C)C)SC. The van der Waals surface area contributed by atoms with Crippen molar-refractivity contribution in [2.45, 2.75) is 27.2 Å². The first kappa shape index (κ1) is 9.83. The zero-order chi connectivity index (χ0) is 7.98. The molecule has 1 heteroatoms. The molecule has 10 heavy (non-hydrogen) atoms. The average Bonchev–Trinajstić information content (AvgIpc) is 1.90. The Kier molecular flexibility index (Phi) is 5.51. The van der Waals surface area contributed by atoms with Gasteiger partial charge in [-0.05, 0) is 31.4 Å². The Balaban J connectivity index is 3.99. The Morgan fingerprint density at radius 3 is 2.20 bits per heavy atom. The van der Waals surface area contributed by atoms with Gasteiger partial charge in [-0.3, -0.25) is 0 Å². The zero-order valence-electron chi connectivity index (χ0n) is 7.27. The van der Waals surface area contributed by atoms with Crippen molar-refractivity contribution in [1.29, 1.82) is 0 Å². The largest absolute Gasteiger partial charge is 0.134 e. The van der Waals surface area contributed by atoms with E-state index >= 15 is 0 Å². The molecule has 0 bridgehead atoms. The van der Waals surface area contributed by atoms with E-state index in [0.717, 1.165) is 6.42 Å². The molecule has 0 saturated carbocycles. The van der Waals surface area contributed by atoms with Crippen molar-refractivity contribution in [3.8, 4) is 0 Å². The van der Waals surface area contributed by atoms with Gasteiger partial charge in [0.15, 0.2) is 0 Å². The van der Waals surface area contributed by atoms with E-state index in [4.69, 9.17) is 0 Å². The number of hydrogen-bond donors (Lipinski definition) is 0. The molecule has 0 aromatic heterocycles. The Bertz CT molecular complexity index is 133. The predicted molar refractivity (Wildman–Crippen MR) is 51.3 cm³/mol. The van der Waals surface area contributed by atoms with Crippen LogP contribution in [0.5, 0.6) is 0 Å². The molecule has 0 unspecified atom stereocenters. The Labute approximate surface area is 68.4 Å². The van der Waals surface area contributed by atoms with Crippen LogP contribution in [0.4, 0.5) is 0 Å². The molecule has 0 spiro atoms. The smallest absolute Gasteiger partial charge is 0.0140 e. The highest BCUT2D eigenvalue weighted by atomic mass is 32.2. The van der Waals surface area contributed by atoms with Gasteiger partial charge in [0, 0.05) is 0 Å². The summed E-state index contributed by atoms with van der Waals surface area (Å²) in [6.07, 6.45) is 7.62. The molecule has 0 heterocycles. The van der Waals surface area contributed by atoms with Crippen LogP contribution in [0.3, 0.4) is 0 Å².